The molecule has 0 aliphatic heterocycles. The summed E-state index contributed by atoms with van der Waals surface area (Å²) in [6, 6.07) is 1.62. The Bertz CT molecular complexity index is 372. The second-order valence-corrected chi connectivity index (χ2v) is 4.45. The lowest BCUT2D eigenvalue weighted by Crippen LogP contribution is -2.25. The molecule has 1 saturated carbocycles. The van der Waals surface area contributed by atoms with E-state index in [4.69, 9.17) is 9.26 Å². The number of carbonyl (C=O) groups excluding carboxylic acids is 1. The van der Waals surface area contributed by atoms with Crippen LogP contribution in [0.1, 0.15) is 35.5 Å². The van der Waals surface area contributed by atoms with Gasteiger partial charge in [-0.1, -0.05) is 5.16 Å². The van der Waals surface area contributed by atoms with Crippen molar-refractivity contribution in [1.29, 1.82) is 0 Å². The van der Waals surface area contributed by atoms with Gasteiger partial charge in [0.05, 0.1) is 0 Å². The number of nitrogens with one attached hydrogen (secondary N) is 1. The van der Waals surface area contributed by atoms with E-state index < -0.39 is 0 Å². The summed E-state index contributed by atoms with van der Waals surface area (Å²) in [5, 5.41) is 6.42. The maximum Gasteiger partial charge on any atom is 0.273 e. The minimum absolute atomic E-state index is 0.191. The first-order chi connectivity index (χ1) is 8.25. The van der Waals surface area contributed by atoms with Crippen molar-refractivity contribution in [3.8, 4) is 0 Å². The molecule has 2 rings (SSSR count). The summed E-state index contributed by atoms with van der Waals surface area (Å²) in [4.78, 5) is 11.5. The van der Waals surface area contributed by atoms with Crippen molar-refractivity contribution < 1.29 is 14.1 Å². The fourth-order valence-corrected chi connectivity index (χ4v) is 1.47. The van der Waals surface area contributed by atoms with Gasteiger partial charge in [-0.05, 0) is 32.1 Å². The Kier molecular flexibility index (Phi) is 4.14. The Morgan fingerprint density at radius 3 is 3.12 bits per heavy atom. The first-order valence-electron chi connectivity index (χ1n) is 6.05. The summed E-state index contributed by atoms with van der Waals surface area (Å²) in [7, 11) is 0. The maximum atomic E-state index is 11.5. The number of nitrogens with zero attached hydrogens (tertiary/aromatic N) is 1. The van der Waals surface area contributed by atoms with Crippen molar-refractivity contribution in [1.82, 2.24) is 10.5 Å². The van der Waals surface area contributed by atoms with Crippen LogP contribution in [0.2, 0.25) is 0 Å². The van der Waals surface area contributed by atoms with Gasteiger partial charge in [-0.2, -0.15) is 0 Å². The van der Waals surface area contributed by atoms with E-state index in [0.717, 1.165) is 18.9 Å². The van der Waals surface area contributed by atoms with Gasteiger partial charge in [0, 0.05) is 25.8 Å². The van der Waals surface area contributed by atoms with E-state index in [-0.39, 0.29) is 5.91 Å². The zero-order valence-corrected chi connectivity index (χ0v) is 10.1. The summed E-state index contributed by atoms with van der Waals surface area (Å²) in [6.07, 6.45) is 3.44. The second-order valence-electron chi connectivity index (χ2n) is 4.45. The zero-order valence-electron chi connectivity index (χ0n) is 10.1. The molecule has 94 valence electrons. The molecule has 1 N–H and O–H groups in total. The first-order valence-corrected chi connectivity index (χ1v) is 6.05. The average molecular weight is 238 g/mol. The molecule has 0 atom stereocenters. The largest absolute Gasteiger partial charge is 0.381 e. The normalized spacial score (nSPS) is 14.9. The molecule has 0 bridgehead atoms. The average Bonchev–Trinajstić information content (AvgIpc) is 3.04. The van der Waals surface area contributed by atoms with Crippen LogP contribution in [0.15, 0.2) is 10.6 Å². The van der Waals surface area contributed by atoms with Gasteiger partial charge in [-0.3, -0.25) is 4.79 Å². The Morgan fingerprint density at radius 2 is 2.47 bits per heavy atom. The molecule has 1 aromatic rings. The molecule has 0 aromatic carbocycles. The molecule has 0 unspecified atom stereocenters. The Labute approximate surface area is 101 Å². The Balaban J connectivity index is 1.53. The first kappa shape index (κ1) is 12.1. The molecule has 17 heavy (non-hydrogen) atoms. The van der Waals surface area contributed by atoms with Gasteiger partial charge in [0.25, 0.3) is 5.91 Å². The topological polar surface area (TPSA) is 64.4 Å². The molecule has 5 heteroatoms. The van der Waals surface area contributed by atoms with Crippen LogP contribution in [0.3, 0.4) is 0 Å². The maximum absolute atomic E-state index is 11.5. The van der Waals surface area contributed by atoms with Crippen LogP contribution in [0.25, 0.3) is 0 Å². The van der Waals surface area contributed by atoms with Gasteiger partial charge in [-0.15, -0.1) is 0 Å². The molecule has 1 heterocycles. The fraction of sp³-hybridized carbons (Fsp3) is 0.667. The predicted octanol–water partition coefficient (Wildman–Crippen LogP) is 1.53. The number of carbonyl (C=O) groups is 1. The van der Waals surface area contributed by atoms with E-state index in [1.165, 1.54) is 12.8 Å². The fourth-order valence-electron chi connectivity index (χ4n) is 1.47. The standard InChI is InChI=1S/C12H18N2O3/c1-9-7-11(14-17-9)12(15)13-5-2-6-16-8-10-3-4-10/h7,10H,2-6,8H2,1H3,(H,13,15). The van der Waals surface area contributed by atoms with Crippen molar-refractivity contribution in [2.45, 2.75) is 26.2 Å². The minimum atomic E-state index is -0.191. The smallest absolute Gasteiger partial charge is 0.273 e. The molecule has 1 amide bonds. The molecule has 1 aromatic heterocycles. The van der Waals surface area contributed by atoms with Crippen molar-refractivity contribution in [3.63, 3.8) is 0 Å². The highest BCUT2D eigenvalue weighted by molar-refractivity contribution is 5.92. The summed E-state index contributed by atoms with van der Waals surface area (Å²) < 4.78 is 10.3. The van der Waals surface area contributed by atoms with Gasteiger partial charge in [0.15, 0.2) is 5.69 Å². The number of hydrogen-bond acceptors (Lipinski definition) is 4. The highest BCUT2D eigenvalue weighted by Gasteiger charge is 2.20. The molecule has 1 fully saturated rings. The van der Waals surface area contributed by atoms with Crippen LogP contribution >= 0.6 is 0 Å². The molecule has 0 saturated heterocycles. The third kappa shape index (κ3) is 4.19. The van der Waals surface area contributed by atoms with Crippen molar-refractivity contribution in [3.05, 3.63) is 17.5 Å². The number of ether oxygens (including phenoxy) is 1. The SMILES string of the molecule is Cc1cc(C(=O)NCCCOCC2CC2)no1. The van der Waals surface area contributed by atoms with E-state index in [9.17, 15) is 4.79 Å². The lowest BCUT2D eigenvalue weighted by Gasteiger charge is -2.04. The van der Waals surface area contributed by atoms with Crippen molar-refractivity contribution in [2.75, 3.05) is 19.8 Å². The van der Waals surface area contributed by atoms with Gasteiger partial charge >= 0.3 is 0 Å². The number of aromatic nitrogens is 1. The van der Waals surface area contributed by atoms with Crippen LogP contribution < -0.4 is 5.32 Å². The summed E-state index contributed by atoms with van der Waals surface area (Å²) in [5.74, 6) is 1.25. The van der Waals surface area contributed by atoms with E-state index in [0.29, 0.717) is 24.6 Å². The Hall–Kier alpha value is -1.36. The van der Waals surface area contributed by atoms with Crippen molar-refractivity contribution >= 4 is 5.91 Å². The number of aryl methyl sites for hydroxylation is 1. The van der Waals surface area contributed by atoms with Crippen LogP contribution in [0.4, 0.5) is 0 Å². The molecular formula is C12H18N2O3. The van der Waals surface area contributed by atoms with E-state index >= 15 is 0 Å². The van der Waals surface area contributed by atoms with Gasteiger partial charge < -0.3 is 14.6 Å². The van der Waals surface area contributed by atoms with Gasteiger partial charge in [0.2, 0.25) is 0 Å². The lowest BCUT2D eigenvalue weighted by atomic mass is 10.3. The van der Waals surface area contributed by atoms with Gasteiger partial charge in [0.1, 0.15) is 5.76 Å². The quantitative estimate of drug-likeness (QED) is 0.732. The monoisotopic (exact) mass is 238 g/mol. The Morgan fingerprint density at radius 1 is 1.65 bits per heavy atom. The zero-order chi connectivity index (χ0) is 12.1. The van der Waals surface area contributed by atoms with Gasteiger partial charge in [-0.25, -0.2) is 0 Å². The van der Waals surface area contributed by atoms with Crippen molar-refractivity contribution in [2.24, 2.45) is 5.92 Å². The molecular weight excluding hydrogens is 220 g/mol. The van der Waals surface area contributed by atoms with E-state index in [1.807, 2.05) is 0 Å². The minimum Gasteiger partial charge on any atom is -0.381 e. The molecule has 0 spiro atoms. The highest BCUT2D eigenvalue weighted by Crippen LogP contribution is 2.28. The third-order valence-electron chi connectivity index (χ3n) is 2.66. The molecule has 1 aliphatic rings. The van der Waals surface area contributed by atoms with E-state index in [2.05, 4.69) is 10.5 Å². The van der Waals surface area contributed by atoms with Crippen LogP contribution in [0, 0.1) is 12.8 Å². The molecule has 1 aliphatic carbocycles. The molecule has 5 nitrogen and oxygen atoms in total. The highest BCUT2D eigenvalue weighted by atomic mass is 16.5. The summed E-state index contributed by atoms with van der Waals surface area (Å²) >= 11 is 0. The lowest BCUT2D eigenvalue weighted by molar-refractivity contribution is 0.0928. The number of hydrogen-bond donors (Lipinski definition) is 1. The number of rotatable bonds is 7. The van der Waals surface area contributed by atoms with Crippen LogP contribution in [-0.4, -0.2) is 30.8 Å². The number of amides is 1. The summed E-state index contributed by atoms with van der Waals surface area (Å²) in [6.45, 7) is 3.94. The van der Waals surface area contributed by atoms with E-state index in [1.54, 1.807) is 13.0 Å². The van der Waals surface area contributed by atoms with Crippen LogP contribution in [0.5, 0.6) is 0 Å². The van der Waals surface area contributed by atoms with Crippen LogP contribution in [-0.2, 0) is 4.74 Å². The summed E-state index contributed by atoms with van der Waals surface area (Å²) in [5.41, 5.74) is 0.335. The third-order valence-corrected chi connectivity index (χ3v) is 2.66. The molecule has 0 radical (unpaired) electrons. The predicted molar refractivity (Wildman–Crippen MR) is 61.7 cm³/mol. The second kappa shape index (κ2) is 5.82.